The van der Waals surface area contributed by atoms with Crippen LogP contribution in [0.2, 0.25) is 0 Å². The Morgan fingerprint density at radius 1 is 1.42 bits per heavy atom. The van der Waals surface area contributed by atoms with Crippen molar-refractivity contribution in [2.75, 3.05) is 20.2 Å². The first kappa shape index (κ1) is 17.3. The molecule has 2 fully saturated rings. The summed E-state index contributed by atoms with van der Waals surface area (Å²) in [7, 11) is 1.61. The van der Waals surface area contributed by atoms with Gasteiger partial charge in [-0.3, -0.25) is 9.69 Å². The van der Waals surface area contributed by atoms with Crippen molar-refractivity contribution in [1.82, 2.24) is 15.4 Å². The number of likely N-dealkylation sites (tertiary alicyclic amines) is 1. The fraction of sp³-hybridized carbons (Fsp3) is 0.579. The number of carbonyl (C=O) groups excluding carboxylic acids is 1. The number of methoxy groups -OCH3 is 1. The standard InChI is InChI=1S/C19H25N3O4/c1-25-13-5-6-18-14(9-13)16(21-26-18)10-19(24)20-15-3-2-4-17(15)22-8-7-12(23)11-22/h5-6,9,12,15,17,23H,2-4,7-8,10-11H2,1H3,(H,20,24)/t12?,15-,17+/m1/s1. The molecule has 1 amide bonds. The normalized spacial score (nSPS) is 26.5. The summed E-state index contributed by atoms with van der Waals surface area (Å²) in [5.74, 6) is 0.672. The van der Waals surface area contributed by atoms with Crippen molar-refractivity contribution in [3.05, 3.63) is 23.9 Å². The number of hydrogen-bond acceptors (Lipinski definition) is 6. The Bertz CT molecular complexity index is 790. The topological polar surface area (TPSA) is 87.8 Å². The van der Waals surface area contributed by atoms with Crippen LogP contribution in [0.3, 0.4) is 0 Å². The highest BCUT2D eigenvalue weighted by molar-refractivity contribution is 5.87. The van der Waals surface area contributed by atoms with E-state index in [1.165, 1.54) is 0 Å². The summed E-state index contributed by atoms with van der Waals surface area (Å²) in [6.45, 7) is 1.62. The quantitative estimate of drug-likeness (QED) is 0.841. The minimum atomic E-state index is -0.233. The number of nitrogens with zero attached hydrogens (tertiary/aromatic N) is 2. The second kappa shape index (κ2) is 7.25. The Kier molecular flexibility index (Phi) is 4.82. The Balaban J connectivity index is 1.42. The van der Waals surface area contributed by atoms with Crippen LogP contribution in [-0.4, -0.2) is 59.5 Å². The highest BCUT2D eigenvalue weighted by atomic mass is 16.5. The minimum Gasteiger partial charge on any atom is -0.497 e. The molecule has 1 aliphatic carbocycles. The molecule has 2 aromatic rings. The molecule has 1 unspecified atom stereocenters. The highest BCUT2D eigenvalue weighted by Gasteiger charge is 2.36. The Hall–Kier alpha value is -2.12. The summed E-state index contributed by atoms with van der Waals surface area (Å²) in [5.41, 5.74) is 1.28. The van der Waals surface area contributed by atoms with Gasteiger partial charge in [0.1, 0.15) is 11.4 Å². The molecule has 0 bridgehead atoms. The van der Waals surface area contributed by atoms with Crippen LogP contribution in [0.4, 0.5) is 0 Å². The predicted molar refractivity (Wildman–Crippen MR) is 96.0 cm³/mol. The van der Waals surface area contributed by atoms with Gasteiger partial charge in [-0.05, 0) is 43.9 Å². The number of ether oxygens (including phenoxy) is 1. The van der Waals surface area contributed by atoms with Crippen LogP contribution < -0.4 is 10.1 Å². The van der Waals surface area contributed by atoms with Crippen LogP contribution in [-0.2, 0) is 11.2 Å². The molecule has 7 heteroatoms. The third-order valence-corrected chi connectivity index (χ3v) is 5.57. The molecule has 1 aromatic carbocycles. The largest absolute Gasteiger partial charge is 0.497 e. The lowest BCUT2D eigenvalue weighted by molar-refractivity contribution is -0.121. The van der Waals surface area contributed by atoms with Gasteiger partial charge in [0.25, 0.3) is 0 Å². The van der Waals surface area contributed by atoms with Crippen molar-refractivity contribution in [1.29, 1.82) is 0 Å². The van der Waals surface area contributed by atoms with Gasteiger partial charge >= 0.3 is 0 Å². The van der Waals surface area contributed by atoms with Crippen LogP contribution in [0.5, 0.6) is 5.75 Å². The molecule has 1 aliphatic heterocycles. The molecule has 7 nitrogen and oxygen atoms in total. The van der Waals surface area contributed by atoms with Crippen LogP contribution in [0.25, 0.3) is 11.0 Å². The number of benzene rings is 1. The third-order valence-electron chi connectivity index (χ3n) is 5.57. The highest BCUT2D eigenvalue weighted by Crippen LogP contribution is 2.28. The number of rotatable bonds is 5. The van der Waals surface area contributed by atoms with Crippen LogP contribution in [0, 0.1) is 0 Å². The summed E-state index contributed by atoms with van der Waals surface area (Å²) >= 11 is 0. The molecule has 1 saturated heterocycles. The van der Waals surface area contributed by atoms with E-state index in [9.17, 15) is 9.90 Å². The monoisotopic (exact) mass is 359 g/mol. The van der Waals surface area contributed by atoms with E-state index in [1.807, 2.05) is 12.1 Å². The molecule has 0 radical (unpaired) electrons. The fourth-order valence-electron chi connectivity index (χ4n) is 4.25. The van der Waals surface area contributed by atoms with E-state index in [0.717, 1.165) is 37.6 Å². The Morgan fingerprint density at radius 3 is 3.08 bits per heavy atom. The molecular formula is C19H25N3O4. The smallest absolute Gasteiger partial charge is 0.226 e. The molecule has 2 heterocycles. The van der Waals surface area contributed by atoms with Crippen molar-refractivity contribution in [2.24, 2.45) is 0 Å². The average molecular weight is 359 g/mol. The number of carbonyl (C=O) groups is 1. The van der Waals surface area contributed by atoms with Gasteiger partial charge in [0.2, 0.25) is 5.91 Å². The molecule has 140 valence electrons. The van der Waals surface area contributed by atoms with Crippen molar-refractivity contribution in [3.63, 3.8) is 0 Å². The van der Waals surface area contributed by atoms with Gasteiger partial charge in [-0.25, -0.2) is 0 Å². The van der Waals surface area contributed by atoms with Gasteiger partial charge in [-0.2, -0.15) is 0 Å². The maximum Gasteiger partial charge on any atom is 0.226 e. The zero-order valence-electron chi connectivity index (χ0n) is 15.0. The maximum absolute atomic E-state index is 12.6. The number of hydrogen-bond donors (Lipinski definition) is 2. The summed E-state index contributed by atoms with van der Waals surface area (Å²) in [6, 6.07) is 5.92. The van der Waals surface area contributed by atoms with E-state index in [2.05, 4.69) is 15.4 Å². The minimum absolute atomic E-state index is 0.0420. The number of aliphatic hydroxyl groups is 1. The molecule has 1 saturated carbocycles. The number of amides is 1. The molecule has 1 aromatic heterocycles. The maximum atomic E-state index is 12.6. The van der Waals surface area contributed by atoms with Crippen LogP contribution in [0.15, 0.2) is 22.7 Å². The van der Waals surface area contributed by atoms with Gasteiger partial charge in [-0.1, -0.05) is 5.16 Å². The molecule has 4 rings (SSSR count). The molecule has 0 spiro atoms. The van der Waals surface area contributed by atoms with E-state index in [-0.39, 0.29) is 24.5 Å². The fourth-order valence-corrected chi connectivity index (χ4v) is 4.25. The van der Waals surface area contributed by atoms with Gasteiger partial charge in [0.05, 0.1) is 19.6 Å². The number of nitrogens with one attached hydrogen (secondary N) is 1. The number of aliphatic hydroxyl groups excluding tert-OH is 1. The first-order chi connectivity index (χ1) is 12.6. The Labute approximate surface area is 152 Å². The zero-order chi connectivity index (χ0) is 18.1. The average Bonchev–Trinajstić information content (AvgIpc) is 3.35. The first-order valence-electron chi connectivity index (χ1n) is 9.28. The van der Waals surface area contributed by atoms with Crippen molar-refractivity contribution >= 4 is 16.9 Å². The molecule has 2 N–H and O–H groups in total. The number of aromatic nitrogens is 1. The molecule has 2 aliphatic rings. The SMILES string of the molecule is COc1ccc2onc(CC(=O)N[C@@H]3CCC[C@@H]3N3CCC(O)C3)c2c1. The second-order valence-electron chi connectivity index (χ2n) is 7.28. The van der Waals surface area contributed by atoms with E-state index >= 15 is 0 Å². The summed E-state index contributed by atoms with van der Waals surface area (Å²) in [4.78, 5) is 14.9. The third kappa shape index (κ3) is 3.41. The Morgan fingerprint density at radius 2 is 2.31 bits per heavy atom. The lowest BCUT2D eigenvalue weighted by atomic mass is 10.1. The lowest BCUT2D eigenvalue weighted by Crippen LogP contribution is -2.48. The second-order valence-corrected chi connectivity index (χ2v) is 7.28. The molecule has 26 heavy (non-hydrogen) atoms. The summed E-state index contributed by atoms with van der Waals surface area (Å²) in [6.07, 6.45) is 3.93. The van der Waals surface area contributed by atoms with Crippen LogP contribution >= 0.6 is 0 Å². The predicted octanol–water partition coefficient (Wildman–Crippen LogP) is 1.48. The number of fused-ring (bicyclic) bond motifs is 1. The number of β-amino-alcohol motifs (C(OH)–C–C–N with tert-alkyl or cyclic N) is 1. The van der Waals surface area contributed by atoms with Gasteiger partial charge < -0.3 is 19.7 Å². The van der Waals surface area contributed by atoms with Crippen LogP contribution in [0.1, 0.15) is 31.4 Å². The molecule has 3 atom stereocenters. The lowest BCUT2D eigenvalue weighted by Gasteiger charge is -2.29. The van der Waals surface area contributed by atoms with E-state index in [0.29, 0.717) is 29.6 Å². The van der Waals surface area contributed by atoms with E-state index in [1.54, 1.807) is 13.2 Å². The van der Waals surface area contributed by atoms with Gasteiger partial charge in [-0.15, -0.1) is 0 Å². The molecular weight excluding hydrogens is 334 g/mol. The summed E-state index contributed by atoms with van der Waals surface area (Å²) in [5, 5.41) is 17.8. The van der Waals surface area contributed by atoms with Gasteiger partial charge in [0, 0.05) is 30.6 Å². The zero-order valence-corrected chi connectivity index (χ0v) is 15.0. The van der Waals surface area contributed by atoms with E-state index in [4.69, 9.17) is 9.26 Å². The first-order valence-corrected chi connectivity index (χ1v) is 9.28. The summed E-state index contributed by atoms with van der Waals surface area (Å²) < 4.78 is 10.6. The van der Waals surface area contributed by atoms with Gasteiger partial charge in [0.15, 0.2) is 5.58 Å². The van der Waals surface area contributed by atoms with Crippen molar-refractivity contribution in [3.8, 4) is 5.75 Å². The van der Waals surface area contributed by atoms with Crippen molar-refractivity contribution < 1.29 is 19.2 Å². The van der Waals surface area contributed by atoms with Crippen molar-refractivity contribution in [2.45, 2.75) is 50.3 Å². The van der Waals surface area contributed by atoms with E-state index < -0.39 is 0 Å².